The average molecular weight is 322 g/mol. The highest BCUT2D eigenvalue weighted by atomic mass is 16.1. The summed E-state index contributed by atoms with van der Waals surface area (Å²) in [7, 11) is 0. The standard InChI is InChI=1S/C19H22N4O/c1-13(12-23-15(3)10-14(2)22-23)11-20-19(24)18-9-8-16-6-4-5-7-17(16)21-18/h4-10,13H,11-12H2,1-3H3,(H,20,24)/t13-/m0/s1. The molecule has 1 atom stereocenters. The van der Waals surface area contributed by atoms with E-state index in [0.29, 0.717) is 12.2 Å². The van der Waals surface area contributed by atoms with Gasteiger partial charge in [-0.1, -0.05) is 31.2 Å². The largest absolute Gasteiger partial charge is 0.350 e. The summed E-state index contributed by atoms with van der Waals surface area (Å²) < 4.78 is 1.99. The van der Waals surface area contributed by atoms with Crippen molar-refractivity contribution in [2.75, 3.05) is 6.54 Å². The molecular weight excluding hydrogens is 300 g/mol. The Morgan fingerprint density at radius 2 is 2.00 bits per heavy atom. The van der Waals surface area contributed by atoms with Gasteiger partial charge < -0.3 is 5.32 Å². The number of para-hydroxylation sites is 1. The van der Waals surface area contributed by atoms with Crippen LogP contribution in [-0.2, 0) is 6.54 Å². The number of nitrogens with one attached hydrogen (secondary N) is 1. The SMILES string of the molecule is Cc1cc(C)n(C[C@@H](C)CNC(=O)c2ccc3ccccc3n2)n1. The molecule has 1 amide bonds. The van der Waals surface area contributed by atoms with E-state index >= 15 is 0 Å². The highest BCUT2D eigenvalue weighted by Crippen LogP contribution is 2.12. The number of benzene rings is 1. The third-order valence-corrected chi connectivity index (χ3v) is 4.03. The lowest BCUT2D eigenvalue weighted by atomic mass is 10.1. The molecule has 0 radical (unpaired) electrons. The number of nitrogens with zero attached hydrogens (tertiary/aromatic N) is 3. The number of amides is 1. The lowest BCUT2D eigenvalue weighted by molar-refractivity contribution is 0.0942. The van der Waals surface area contributed by atoms with Gasteiger partial charge in [-0.2, -0.15) is 5.10 Å². The van der Waals surface area contributed by atoms with Gasteiger partial charge in [-0.25, -0.2) is 4.98 Å². The molecule has 0 saturated carbocycles. The molecule has 1 N–H and O–H groups in total. The number of rotatable bonds is 5. The second-order valence-corrected chi connectivity index (χ2v) is 6.31. The zero-order valence-corrected chi connectivity index (χ0v) is 14.3. The third-order valence-electron chi connectivity index (χ3n) is 4.03. The molecule has 0 saturated heterocycles. The highest BCUT2D eigenvalue weighted by molar-refractivity contribution is 5.94. The Kier molecular flexibility index (Phi) is 4.60. The van der Waals surface area contributed by atoms with Gasteiger partial charge in [0.25, 0.3) is 5.91 Å². The molecule has 5 nitrogen and oxygen atoms in total. The van der Waals surface area contributed by atoms with Gasteiger partial charge in [-0.15, -0.1) is 0 Å². The van der Waals surface area contributed by atoms with E-state index in [1.165, 1.54) is 0 Å². The number of aromatic nitrogens is 3. The lowest BCUT2D eigenvalue weighted by Gasteiger charge is -2.14. The van der Waals surface area contributed by atoms with Crippen LogP contribution in [0, 0.1) is 19.8 Å². The Hall–Kier alpha value is -2.69. The van der Waals surface area contributed by atoms with E-state index in [0.717, 1.165) is 28.8 Å². The fourth-order valence-corrected chi connectivity index (χ4v) is 2.77. The molecule has 0 bridgehead atoms. The first-order chi connectivity index (χ1) is 11.5. The predicted octanol–water partition coefficient (Wildman–Crippen LogP) is 3.11. The molecule has 0 aliphatic rings. The van der Waals surface area contributed by atoms with Gasteiger partial charge in [0.05, 0.1) is 11.2 Å². The maximum atomic E-state index is 12.3. The summed E-state index contributed by atoms with van der Waals surface area (Å²) in [5, 5.41) is 8.46. The van der Waals surface area contributed by atoms with Crippen molar-refractivity contribution < 1.29 is 4.79 Å². The van der Waals surface area contributed by atoms with Crippen molar-refractivity contribution in [3.05, 3.63) is 59.5 Å². The van der Waals surface area contributed by atoms with Crippen molar-refractivity contribution in [1.82, 2.24) is 20.1 Å². The van der Waals surface area contributed by atoms with Crippen LogP contribution in [0.1, 0.15) is 28.8 Å². The molecule has 0 unspecified atom stereocenters. The van der Waals surface area contributed by atoms with Crippen LogP contribution in [0.5, 0.6) is 0 Å². The van der Waals surface area contributed by atoms with E-state index in [2.05, 4.69) is 28.4 Å². The van der Waals surface area contributed by atoms with Crippen LogP contribution in [0.15, 0.2) is 42.5 Å². The molecule has 24 heavy (non-hydrogen) atoms. The smallest absolute Gasteiger partial charge is 0.269 e. The molecule has 0 aliphatic heterocycles. The molecule has 0 aliphatic carbocycles. The first-order valence-corrected chi connectivity index (χ1v) is 8.18. The lowest BCUT2D eigenvalue weighted by Crippen LogP contribution is -2.30. The molecule has 0 spiro atoms. The van der Waals surface area contributed by atoms with Crippen molar-refractivity contribution in [3.63, 3.8) is 0 Å². The van der Waals surface area contributed by atoms with Crippen LogP contribution in [0.25, 0.3) is 10.9 Å². The quantitative estimate of drug-likeness (QED) is 0.785. The van der Waals surface area contributed by atoms with Crippen molar-refractivity contribution >= 4 is 16.8 Å². The Labute approximate surface area is 141 Å². The first-order valence-electron chi connectivity index (χ1n) is 8.18. The summed E-state index contributed by atoms with van der Waals surface area (Å²) in [6.45, 7) is 7.51. The van der Waals surface area contributed by atoms with Crippen LogP contribution < -0.4 is 5.32 Å². The minimum absolute atomic E-state index is 0.138. The fraction of sp³-hybridized carbons (Fsp3) is 0.316. The Morgan fingerprint density at radius 3 is 2.75 bits per heavy atom. The van der Waals surface area contributed by atoms with E-state index in [-0.39, 0.29) is 11.8 Å². The van der Waals surface area contributed by atoms with Gasteiger partial charge in [0.1, 0.15) is 5.69 Å². The van der Waals surface area contributed by atoms with Crippen LogP contribution >= 0.6 is 0 Å². The normalized spacial score (nSPS) is 12.3. The first kappa shape index (κ1) is 16.2. The average Bonchev–Trinajstić information content (AvgIpc) is 2.89. The molecule has 5 heteroatoms. The van der Waals surface area contributed by atoms with E-state index in [1.807, 2.05) is 48.9 Å². The van der Waals surface area contributed by atoms with Crippen LogP contribution in [0.4, 0.5) is 0 Å². The number of fused-ring (bicyclic) bond motifs is 1. The Morgan fingerprint density at radius 1 is 1.21 bits per heavy atom. The topological polar surface area (TPSA) is 59.8 Å². The number of hydrogen-bond acceptors (Lipinski definition) is 3. The molecular formula is C19H22N4O. The predicted molar refractivity (Wildman–Crippen MR) is 94.9 cm³/mol. The van der Waals surface area contributed by atoms with E-state index in [9.17, 15) is 4.79 Å². The van der Waals surface area contributed by atoms with Gasteiger partial charge in [0, 0.05) is 24.2 Å². The monoisotopic (exact) mass is 322 g/mol. The van der Waals surface area contributed by atoms with Crippen molar-refractivity contribution in [2.45, 2.75) is 27.3 Å². The summed E-state index contributed by atoms with van der Waals surface area (Å²) >= 11 is 0. The van der Waals surface area contributed by atoms with Crippen molar-refractivity contribution in [2.24, 2.45) is 5.92 Å². The molecule has 2 aromatic heterocycles. The minimum atomic E-state index is -0.138. The summed E-state index contributed by atoms with van der Waals surface area (Å²) in [6, 6.07) is 13.5. The molecule has 1 aromatic carbocycles. The minimum Gasteiger partial charge on any atom is -0.350 e. The maximum Gasteiger partial charge on any atom is 0.269 e. The number of carbonyl (C=O) groups excluding carboxylic acids is 1. The zero-order valence-electron chi connectivity index (χ0n) is 14.3. The number of carbonyl (C=O) groups is 1. The fourth-order valence-electron chi connectivity index (χ4n) is 2.77. The molecule has 3 rings (SSSR count). The van der Waals surface area contributed by atoms with Crippen LogP contribution in [-0.4, -0.2) is 27.2 Å². The maximum absolute atomic E-state index is 12.3. The van der Waals surface area contributed by atoms with Gasteiger partial charge in [0.15, 0.2) is 0 Å². The highest BCUT2D eigenvalue weighted by Gasteiger charge is 2.11. The second-order valence-electron chi connectivity index (χ2n) is 6.31. The molecule has 0 fully saturated rings. The Balaban J connectivity index is 1.60. The van der Waals surface area contributed by atoms with Gasteiger partial charge in [-0.05, 0) is 38.0 Å². The third kappa shape index (κ3) is 3.62. The van der Waals surface area contributed by atoms with Crippen LogP contribution in [0.2, 0.25) is 0 Å². The van der Waals surface area contributed by atoms with Gasteiger partial charge in [0.2, 0.25) is 0 Å². The molecule has 124 valence electrons. The van der Waals surface area contributed by atoms with Crippen LogP contribution in [0.3, 0.4) is 0 Å². The van der Waals surface area contributed by atoms with Gasteiger partial charge >= 0.3 is 0 Å². The van der Waals surface area contributed by atoms with E-state index < -0.39 is 0 Å². The van der Waals surface area contributed by atoms with E-state index in [4.69, 9.17) is 0 Å². The summed E-state index contributed by atoms with van der Waals surface area (Å²) in [6.07, 6.45) is 0. The number of hydrogen-bond donors (Lipinski definition) is 1. The molecule has 2 heterocycles. The summed E-state index contributed by atoms with van der Waals surface area (Å²) in [5.74, 6) is 0.147. The summed E-state index contributed by atoms with van der Waals surface area (Å²) in [5.41, 5.74) is 3.44. The molecule has 3 aromatic rings. The van der Waals surface area contributed by atoms with E-state index in [1.54, 1.807) is 6.07 Å². The Bertz CT molecular complexity index is 869. The number of aryl methyl sites for hydroxylation is 2. The second kappa shape index (κ2) is 6.83. The van der Waals surface area contributed by atoms with Crippen molar-refractivity contribution in [3.8, 4) is 0 Å². The van der Waals surface area contributed by atoms with Crippen molar-refractivity contribution in [1.29, 1.82) is 0 Å². The zero-order chi connectivity index (χ0) is 17.1. The number of pyridine rings is 1. The van der Waals surface area contributed by atoms with Gasteiger partial charge in [-0.3, -0.25) is 9.48 Å². The summed E-state index contributed by atoms with van der Waals surface area (Å²) in [4.78, 5) is 16.7.